The molecule has 0 bridgehead atoms. The van der Waals surface area contributed by atoms with Gasteiger partial charge in [-0.15, -0.1) is 0 Å². The minimum Gasteiger partial charge on any atom is -0.550 e. The number of hydrogen-bond donors (Lipinski definition) is 0. The van der Waals surface area contributed by atoms with Gasteiger partial charge in [-0.05, 0) is 18.6 Å². The van der Waals surface area contributed by atoms with E-state index in [1.165, 1.54) is 34.7 Å². The van der Waals surface area contributed by atoms with Crippen molar-refractivity contribution >= 4 is 11.9 Å². The van der Waals surface area contributed by atoms with E-state index in [0.717, 1.165) is 12.1 Å². The molecule has 0 N–H and O–H groups in total. The van der Waals surface area contributed by atoms with Gasteiger partial charge in [-0.3, -0.25) is 4.79 Å². The number of ether oxygens (including phenoxy) is 1. The fourth-order valence-electron chi connectivity index (χ4n) is 2.82. The second-order valence-electron chi connectivity index (χ2n) is 6.15. The summed E-state index contributed by atoms with van der Waals surface area (Å²) >= 11 is 0. The van der Waals surface area contributed by atoms with Gasteiger partial charge < -0.3 is 14.6 Å². The zero-order chi connectivity index (χ0) is 20.9. The number of carbonyl (C=O) groups excluding carboxylic acids is 2. The van der Waals surface area contributed by atoms with Crippen molar-refractivity contribution in [2.45, 2.75) is 31.5 Å². The van der Waals surface area contributed by atoms with Gasteiger partial charge >= 0.3 is 35.5 Å². The summed E-state index contributed by atoms with van der Waals surface area (Å²) in [5.41, 5.74) is -1.89. The fraction of sp³-hybridized carbons (Fsp3) is 0.294. The van der Waals surface area contributed by atoms with E-state index in [9.17, 15) is 23.5 Å². The van der Waals surface area contributed by atoms with Crippen molar-refractivity contribution in [2.75, 3.05) is 0 Å². The molecule has 1 aromatic carbocycles. The number of carboxylic acids is 1. The molecule has 3 aromatic rings. The van der Waals surface area contributed by atoms with Crippen LogP contribution in [0.4, 0.5) is 8.78 Å². The third-order valence-corrected chi connectivity index (χ3v) is 4.03. The Balaban J connectivity index is 0.00000320. The van der Waals surface area contributed by atoms with Crippen LogP contribution in [-0.2, 0) is 33.0 Å². The van der Waals surface area contributed by atoms with E-state index in [1.807, 2.05) is 0 Å². The number of carboxylic acid groups (broad SMARTS) is 1. The molecule has 13 heteroatoms. The summed E-state index contributed by atoms with van der Waals surface area (Å²) in [4.78, 5) is 30.7. The topological polar surface area (TPSA) is 128 Å². The first-order chi connectivity index (χ1) is 13.9. The molecule has 0 saturated carbocycles. The molecule has 0 amide bonds. The van der Waals surface area contributed by atoms with Crippen molar-refractivity contribution in [3.05, 3.63) is 60.7 Å². The molecule has 0 fully saturated rings. The Hall–Kier alpha value is -2.70. The molecule has 10 nitrogen and oxygen atoms in total. The first-order valence-corrected chi connectivity index (χ1v) is 8.40. The summed E-state index contributed by atoms with van der Waals surface area (Å²) in [6.45, 7) is -0.404. The van der Waals surface area contributed by atoms with Crippen molar-refractivity contribution < 1.29 is 57.8 Å². The molecule has 0 aliphatic carbocycles. The van der Waals surface area contributed by atoms with Gasteiger partial charge in [0.15, 0.2) is 5.60 Å². The van der Waals surface area contributed by atoms with Gasteiger partial charge in [0.05, 0.1) is 19.5 Å². The van der Waals surface area contributed by atoms with Crippen LogP contribution in [0.2, 0.25) is 0 Å². The van der Waals surface area contributed by atoms with Crippen LogP contribution in [0.5, 0.6) is 0 Å². The predicted molar refractivity (Wildman–Crippen MR) is 88.4 cm³/mol. The summed E-state index contributed by atoms with van der Waals surface area (Å²) < 4.78 is 36.4. The van der Waals surface area contributed by atoms with E-state index in [4.69, 9.17) is 4.74 Å². The van der Waals surface area contributed by atoms with Crippen molar-refractivity contribution in [3.63, 3.8) is 0 Å². The Labute approximate surface area is 191 Å². The van der Waals surface area contributed by atoms with Gasteiger partial charge in [-0.2, -0.15) is 10.2 Å². The maximum absolute atomic E-state index is 14.7. The normalized spacial score (nSPS) is 11.0. The molecule has 2 aromatic heterocycles. The summed E-state index contributed by atoms with van der Waals surface area (Å²) in [6.07, 6.45) is 4.05. The Kier molecular flexibility index (Phi) is 8.15. The number of rotatable bonds is 9. The Morgan fingerprint density at radius 1 is 1.03 bits per heavy atom. The third kappa shape index (κ3) is 5.90. The summed E-state index contributed by atoms with van der Waals surface area (Å²) in [6, 6.07) is 2.82. The number of aliphatic carboxylic acids is 1. The fourth-order valence-corrected chi connectivity index (χ4v) is 2.82. The number of carbonyl (C=O) groups is 2. The van der Waals surface area contributed by atoms with Crippen LogP contribution in [0, 0.1) is 11.6 Å². The molecule has 0 atom stereocenters. The number of nitrogens with zero attached hydrogens (tertiary/aromatic N) is 6. The van der Waals surface area contributed by atoms with Crippen LogP contribution in [0.3, 0.4) is 0 Å². The molecule has 2 heterocycles. The van der Waals surface area contributed by atoms with Crippen molar-refractivity contribution in [3.8, 4) is 0 Å². The van der Waals surface area contributed by atoms with E-state index in [2.05, 4.69) is 20.2 Å². The van der Waals surface area contributed by atoms with Crippen molar-refractivity contribution in [1.82, 2.24) is 29.5 Å². The number of esters is 1. The smallest absolute Gasteiger partial charge is 0.550 e. The number of hydrogen-bond acceptors (Lipinski definition) is 8. The van der Waals surface area contributed by atoms with Gasteiger partial charge in [0, 0.05) is 17.6 Å². The molecule has 0 spiro atoms. The average Bonchev–Trinajstić information content (AvgIpc) is 3.34. The first-order valence-electron chi connectivity index (χ1n) is 8.40. The van der Waals surface area contributed by atoms with E-state index in [1.54, 1.807) is 0 Å². The van der Waals surface area contributed by atoms with Gasteiger partial charge in [0.25, 0.3) is 0 Å². The zero-order valence-electron chi connectivity index (χ0n) is 15.9. The second-order valence-corrected chi connectivity index (χ2v) is 6.15. The maximum Gasteiger partial charge on any atom is 1.00 e. The molecular weight excluding hydrogens is 413 g/mol. The molecule has 3 rings (SSSR count). The van der Waals surface area contributed by atoms with Crippen LogP contribution in [0.15, 0.2) is 43.5 Å². The number of halogens is 2. The van der Waals surface area contributed by atoms with Crippen molar-refractivity contribution in [2.24, 2.45) is 0 Å². The molecule has 0 unspecified atom stereocenters. The van der Waals surface area contributed by atoms with E-state index in [0.29, 0.717) is 6.07 Å². The Bertz CT molecular complexity index is 948. The second kappa shape index (κ2) is 10.4. The first kappa shape index (κ1) is 23.6. The number of benzene rings is 1. The molecule has 30 heavy (non-hydrogen) atoms. The van der Waals surface area contributed by atoms with Crippen LogP contribution in [0.1, 0.15) is 18.4 Å². The predicted octanol–water partition coefficient (Wildman–Crippen LogP) is -3.18. The van der Waals surface area contributed by atoms with Gasteiger partial charge in [0.2, 0.25) is 0 Å². The minimum absolute atomic E-state index is 0. The van der Waals surface area contributed by atoms with Crippen molar-refractivity contribution in [1.29, 1.82) is 0 Å². The zero-order valence-corrected chi connectivity index (χ0v) is 17.9. The Morgan fingerprint density at radius 3 is 2.10 bits per heavy atom. The number of aromatic nitrogens is 6. The molecule has 0 aliphatic rings. The Morgan fingerprint density at radius 2 is 1.63 bits per heavy atom. The van der Waals surface area contributed by atoms with Gasteiger partial charge in [-0.1, -0.05) is 0 Å². The van der Waals surface area contributed by atoms with Crippen LogP contribution < -0.4 is 34.7 Å². The van der Waals surface area contributed by atoms with Crippen LogP contribution >= 0.6 is 0 Å². The minimum atomic E-state index is -1.75. The van der Waals surface area contributed by atoms with E-state index >= 15 is 0 Å². The molecule has 0 radical (unpaired) electrons. The SMILES string of the molecule is O=C([O-])CCC(=O)OC(Cn1cncn1)(Cn1cncn1)c1ccc(F)cc1F.[Na+]. The van der Waals surface area contributed by atoms with E-state index < -0.39 is 42.0 Å². The average molecular weight is 428 g/mol. The molecule has 0 saturated heterocycles. The largest absolute Gasteiger partial charge is 1.00 e. The molecular formula is C17H15F2N6NaO4. The molecule has 0 aliphatic heterocycles. The van der Waals surface area contributed by atoms with Crippen LogP contribution in [0.25, 0.3) is 0 Å². The summed E-state index contributed by atoms with van der Waals surface area (Å²) in [5.74, 6) is -4.13. The van der Waals surface area contributed by atoms with Crippen LogP contribution in [-0.4, -0.2) is 41.5 Å². The summed E-state index contributed by atoms with van der Waals surface area (Å²) in [7, 11) is 0. The monoisotopic (exact) mass is 428 g/mol. The third-order valence-electron chi connectivity index (χ3n) is 4.03. The standard InChI is InChI=1S/C17H16F2N6O4.Na/c18-12-1-2-13(14(19)5-12)17(6-24-10-20-8-22-24,7-25-11-21-9-23-25)29-16(28)4-3-15(26)27;/h1-2,5,8-11H,3-4,6-7H2,(H,26,27);/q;+1/p-1. The molecule has 152 valence electrons. The van der Waals surface area contributed by atoms with Gasteiger partial charge in [0.1, 0.15) is 36.9 Å². The maximum atomic E-state index is 14.7. The van der Waals surface area contributed by atoms with Gasteiger partial charge in [-0.25, -0.2) is 28.1 Å². The quantitative estimate of drug-likeness (QED) is 0.258. The van der Waals surface area contributed by atoms with E-state index in [-0.39, 0.29) is 48.2 Å². The summed E-state index contributed by atoms with van der Waals surface area (Å²) in [5, 5.41) is 18.6.